The maximum atomic E-state index is 4.91. The van der Waals surface area contributed by atoms with Gasteiger partial charge in [0.15, 0.2) is 0 Å². The molecule has 2 aromatic carbocycles. The number of hydrogen-bond donors (Lipinski definition) is 1. The van der Waals surface area contributed by atoms with E-state index in [0.29, 0.717) is 0 Å². The van der Waals surface area contributed by atoms with Crippen molar-refractivity contribution in [2.45, 2.75) is 6.42 Å². The number of benzene rings is 2. The van der Waals surface area contributed by atoms with Gasteiger partial charge in [-0.05, 0) is 63.1 Å². The van der Waals surface area contributed by atoms with E-state index in [-0.39, 0.29) is 0 Å². The van der Waals surface area contributed by atoms with Gasteiger partial charge in [0.25, 0.3) is 0 Å². The van der Waals surface area contributed by atoms with Gasteiger partial charge < -0.3 is 5.32 Å². The van der Waals surface area contributed by atoms with Crippen LogP contribution < -0.4 is 5.32 Å². The molecule has 0 amide bonds. The SMILES string of the molecule is Brc1ccccc1-n1nc(-c2ccccc2I)c2c1NCC2. The Balaban J connectivity index is 1.95. The van der Waals surface area contributed by atoms with Gasteiger partial charge in [0.2, 0.25) is 0 Å². The minimum atomic E-state index is 0.966. The van der Waals surface area contributed by atoms with Crippen LogP contribution in [0.4, 0.5) is 5.82 Å². The van der Waals surface area contributed by atoms with E-state index in [0.717, 1.165) is 34.6 Å². The lowest BCUT2D eigenvalue weighted by atomic mass is 10.1. The van der Waals surface area contributed by atoms with Gasteiger partial charge in [-0.2, -0.15) is 5.10 Å². The number of para-hydroxylation sites is 1. The highest BCUT2D eigenvalue weighted by molar-refractivity contribution is 14.1. The molecule has 1 aliphatic rings. The van der Waals surface area contributed by atoms with Crippen LogP contribution in [0.1, 0.15) is 5.56 Å². The summed E-state index contributed by atoms with van der Waals surface area (Å²) in [4.78, 5) is 0. The molecular weight excluding hydrogens is 453 g/mol. The molecule has 4 rings (SSSR count). The zero-order chi connectivity index (χ0) is 15.1. The van der Waals surface area contributed by atoms with E-state index >= 15 is 0 Å². The number of nitrogens with one attached hydrogen (secondary N) is 1. The normalized spacial score (nSPS) is 13.0. The van der Waals surface area contributed by atoms with Gasteiger partial charge in [0.05, 0.1) is 11.4 Å². The first-order chi connectivity index (χ1) is 10.8. The minimum absolute atomic E-state index is 0.966. The summed E-state index contributed by atoms with van der Waals surface area (Å²) in [5, 5.41) is 8.39. The molecule has 1 aliphatic heterocycles. The van der Waals surface area contributed by atoms with E-state index < -0.39 is 0 Å². The summed E-state index contributed by atoms with van der Waals surface area (Å²) in [6, 6.07) is 16.6. The van der Waals surface area contributed by atoms with E-state index in [1.807, 2.05) is 22.9 Å². The maximum Gasteiger partial charge on any atom is 0.133 e. The number of aromatic nitrogens is 2. The van der Waals surface area contributed by atoms with Crippen molar-refractivity contribution in [3.05, 3.63) is 62.1 Å². The molecule has 1 aromatic heterocycles. The lowest BCUT2D eigenvalue weighted by Crippen LogP contribution is -2.04. The second kappa shape index (κ2) is 5.70. The second-order valence-corrected chi connectivity index (χ2v) is 7.21. The lowest BCUT2D eigenvalue weighted by molar-refractivity contribution is 0.878. The van der Waals surface area contributed by atoms with Gasteiger partial charge in [0, 0.05) is 25.7 Å². The Morgan fingerprint density at radius 3 is 2.68 bits per heavy atom. The number of fused-ring (bicyclic) bond motifs is 1. The topological polar surface area (TPSA) is 29.9 Å². The molecule has 0 saturated heterocycles. The first kappa shape index (κ1) is 14.3. The average Bonchev–Trinajstić information content (AvgIpc) is 3.11. The monoisotopic (exact) mass is 465 g/mol. The summed E-state index contributed by atoms with van der Waals surface area (Å²) in [7, 11) is 0. The van der Waals surface area contributed by atoms with Crippen molar-refractivity contribution in [3.8, 4) is 16.9 Å². The van der Waals surface area contributed by atoms with E-state index in [9.17, 15) is 0 Å². The van der Waals surface area contributed by atoms with Crippen molar-refractivity contribution in [3.63, 3.8) is 0 Å². The van der Waals surface area contributed by atoms with Crippen LogP contribution in [-0.2, 0) is 6.42 Å². The summed E-state index contributed by atoms with van der Waals surface area (Å²) in [5.41, 5.74) is 4.65. The molecule has 0 bridgehead atoms. The predicted octanol–water partition coefficient (Wildman–Crippen LogP) is 4.87. The Morgan fingerprint density at radius 2 is 1.86 bits per heavy atom. The molecule has 0 fully saturated rings. The first-order valence-electron chi connectivity index (χ1n) is 7.11. The van der Waals surface area contributed by atoms with Crippen molar-refractivity contribution in [1.29, 1.82) is 0 Å². The fourth-order valence-electron chi connectivity index (χ4n) is 2.84. The van der Waals surface area contributed by atoms with Gasteiger partial charge >= 0.3 is 0 Å². The number of halogens is 2. The Hall–Kier alpha value is -1.34. The highest BCUT2D eigenvalue weighted by Crippen LogP contribution is 2.37. The molecule has 0 spiro atoms. The summed E-state index contributed by atoms with van der Waals surface area (Å²) < 4.78 is 4.29. The first-order valence-corrected chi connectivity index (χ1v) is 8.98. The standard InChI is InChI=1S/C17H13BrIN3/c18-13-6-2-4-8-15(13)22-17-12(9-10-20-17)16(21-22)11-5-1-3-7-14(11)19/h1-8,20H,9-10H2. The third-order valence-electron chi connectivity index (χ3n) is 3.86. The number of nitrogens with zero attached hydrogens (tertiary/aromatic N) is 2. The van der Waals surface area contributed by atoms with Crippen molar-refractivity contribution in [2.75, 3.05) is 11.9 Å². The van der Waals surface area contributed by atoms with Crippen LogP contribution in [0.2, 0.25) is 0 Å². The molecule has 5 heteroatoms. The zero-order valence-corrected chi connectivity index (χ0v) is 15.4. The van der Waals surface area contributed by atoms with Gasteiger partial charge in [-0.1, -0.05) is 30.3 Å². The lowest BCUT2D eigenvalue weighted by Gasteiger charge is -2.08. The van der Waals surface area contributed by atoms with E-state index in [4.69, 9.17) is 5.10 Å². The summed E-state index contributed by atoms with van der Waals surface area (Å²) in [5.74, 6) is 1.11. The Labute approximate surface area is 151 Å². The predicted molar refractivity (Wildman–Crippen MR) is 102 cm³/mol. The van der Waals surface area contributed by atoms with Crippen molar-refractivity contribution in [2.24, 2.45) is 0 Å². The van der Waals surface area contributed by atoms with Gasteiger partial charge in [-0.3, -0.25) is 0 Å². The Morgan fingerprint density at radius 1 is 1.09 bits per heavy atom. The molecule has 3 aromatic rings. The quantitative estimate of drug-likeness (QED) is 0.547. The van der Waals surface area contributed by atoms with E-state index in [1.54, 1.807) is 0 Å². The molecule has 0 aliphatic carbocycles. The van der Waals surface area contributed by atoms with Crippen LogP contribution in [0.3, 0.4) is 0 Å². The molecule has 22 heavy (non-hydrogen) atoms. The fraction of sp³-hybridized carbons (Fsp3) is 0.118. The van der Waals surface area contributed by atoms with Crippen molar-refractivity contribution < 1.29 is 0 Å². The summed E-state index contributed by atoms with van der Waals surface area (Å²) in [6.07, 6.45) is 1.01. The highest BCUT2D eigenvalue weighted by atomic mass is 127. The molecule has 3 nitrogen and oxygen atoms in total. The Kier molecular flexibility index (Phi) is 3.69. The van der Waals surface area contributed by atoms with E-state index in [2.05, 4.69) is 74.2 Å². The van der Waals surface area contributed by atoms with Crippen LogP contribution in [0.15, 0.2) is 53.0 Å². The smallest absolute Gasteiger partial charge is 0.133 e. The van der Waals surface area contributed by atoms with E-state index in [1.165, 1.54) is 14.7 Å². The molecule has 110 valence electrons. The van der Waals surface area contributed by atoms with Crippen molar-refractivity contribution in [1.82, 2.24) is 9.78 Å². The van der Waals surface area contributed by atoms with Crippen LogP contribution in [0.5, 0.6) is 0 Å². The van der Waals surface area contributed by atoms with Crippen LogP contribution in [-0.4, -0.2) is 16.3 Å². The molecule has 0 atom stereocenters. The van der Waals surface area contributed by atoms with Gasteiger partial charge in [-0.25, -0.2) is 4.68 Å². The minimum Gasteiger partial charge on any atom is -0.369 e. The van der Waals surface area contributed by atoms with Crippen molar-refractivity contribution >= 4 is 44.3 Å². The average molecular weight is 466 g/mol. The zero-order valence-electron chi connectivity index (χ0n) is 11.7. The molecular formula is C17H13BrIN3. The molecule has 0 unspecified atom stereocenters. The summed E-state index contributed by atoms with van der Waals surface area (Å²) >= 11 is 6.01. The number of anilines is 1. The Bertz CT molecular complexity index is 789. The maximum absolute atomic E-state index is 4.91. The van der Waals surface area contributed by atoms with Gasteiger partial charge in [0.1, 0.15) is 5.82 Å². The summed E-state index contributed by atoms with van der Waals surface area (Å²) in [6.45, 7) is 0.966. The fourth-order valence-corrected chi connectivity index (χ4v) is 3.94. The molecule has 0 radical (unpaired) electrons. The third-order valence-corrected chi connectivity index (χ3v) is 5.47. The highest BCUT2D eigenvalue weighted by Gasteiger charge is 2.25. The second-order valence-electron chi connectivity index (χ2n) is 5.20. The molecule has 1 N–H and O–H groups in total. The van der Waals surface area contributed by atoms with Crippen LogP contribution in [0, 0.1) is 3.57 Å². The number of rotatable bonds is 2. The van der Waals surface area contributed by atoms with Gasteiger partial charge in [-0.15, -0.1) is 0 Å². The third kappa shape index (κ3) is 2.27. The van der Waals surface area contributed by atoms with Crippen LogP contribution in [0.25, 0.3) is 16.9 Å². The number of hydrogen-bond acceptors (Lipinski definition) is 2. The largest absolute Gasteiger partial charge is 0.369 e. The molecule has 2 heterocycles. The molecule has 0 saturated carbocycles. The van der Waals surface area contributed by atoms with Crippen LogP contribution >= 0.6 is 38.5 Å².